The van der Waals surface area contributed by atoms with E-state index in [0.29, 0.717) is 4.40 Å². The van der Waals surface area contributed by atoms with Crippen molar-refractivity contribution in [1.29, 1.82) is 0 Å². The first-order valence-corrected chi connectivity index (χ1v) is 3.96. The predicted molar refractivity (Wildman–Crippen MR) is 44.6 cm³/mol. The van der Waals surface area contributed by atoms with Gasteiger partial charge in [-0.1, -0.05) is 0 Å². The molecule has 0 saturated carbocycles. The quantitative estimate of drug-likeness (QED) is 0.553. The van der Waals surface area contributed by atoms with Gasteiger partial charge in [-0.25, -0.2) is 0 Å². The van der Waals surface area contributed by atoms with Crippen molar-refractivity contribution in [2.45, 2.75) is 6.18 Å². The minimum Gasteiger partial charge on any atom is -0.273 e. The molecule has 2 aromatic heterocycles. The lowest BCUT2D eigenvalue weighted by molar-refractivity contribution is -0.383. The van der Waals surface area contributed by atoms with Crippen LogP contribution in [-0.2, 0) is 6.18 Å². The molecule has 0 saturated heterocycles. The maximum atomic E-state index is 12.4. The molecule has 0 amide bonds. The lowest BCUT2D eigenvalue weighted by atomic mass is 10.4. The van der Waals surface area contributed by atoms with Gasteiger partial charge in [-0.15, -0.1) is 10.2 Å². The van der Waals surface area contributed by atoms with E-state index in [2.05, 4.69) is 10.2 Å². The summed E-state index contributed by atoms with van der Waals surface area (Å²) >= 11 is 0. The molecule has 0 radical (unpaired) electrons. The fourth-order valence-electron chi connectivity index (χ4n) is 1.24. The normalized spacial score (nSPS) is 11.9. The summed E-state index contributed by atoms with van der Waals surface area (Å²) in [5, 5.41) is 16.6. The Morgan fingerprint density at radius 1 is 1.38 bits per heavy atom. The monoisotopic (exact) mass is 232 g/mol. The molecule has 0 fully saturated rings. The standard InChI is InChI=1S/C7H3F3N4O2/c8-7(9,10)6-12-11-5-4(14(15)16)2-1-3-13(5)6/h1-3H. The van der Waals surface area contributed by atoms with Gasteiger partial charge < -0.3 is 0 Å². The smallest absolute Gasteiger partial charge is 0.273 e. The summed E-state index contributed by atoms with van der Waals surface area (Å²) in [7, 11) is 0. The molecular weight excluding hydrogens is 229 g/mol. The third-order valence-corrected chi connectivity index (χ3v) is 1.86. The molecular formula is C7H3F3N4O2. The van der Waals surface area contributed by atoms with E-state index in [-0.39, 0.29) is 0 Å². The first kappa shape index (κ1) is 10.3. The number of hydrogen-bond donors (Lipinski definition) is 0. The lowest BCUT2D eigenvalue weighted by Crippen LogP contribution is -2.10. The van der Waals surface area contributed by atoms with Crippen LogP contribution in [-0.4, -0.2) is 19.5 Å². The van der Waals surface area contributed by atoms with Gasteiger partial charge in [0.05, 0.1) is 4.92 Å². The number of nitro groups is 1. The zero-order chi connectivity index (χ0) is 11.9. The molecule has 0 unspecified atom stereocenters. The van der Waals surface area contributed by atoms with Crippen LogP contribution < -0.4 is 0 Å². The number of hydrogen-bond acceptors (Lipinski definition) is 4. The molecule has 6 nitrogen and oxygen atoms in total. The first-order chi connectivity index (χ1) is 7.41. The van der Waals surface area contributed by atoms with Gasteiger partial charge in [-0.05, 0) is 6.07 Å². The second-order valence-electron chi connectivity index (χ2n) is 2.87. The summed E-state index contributed by atoms with van der Waals surface area (Å²) < 4.78 is 37.7. The maximum absolute atomic E-state index is 12.4. The van der Waals surface area contributed by atoms with Gasteiger partial charge in [0.1, 0.15) is 0 Å². The van der Waals surface area contributed by atoms with Crippen LogP contribution in [0.5, 0.6) is 0 Å². The van der Waals surface area contributed by atoms with E-state index >= 15 is 0 Å². The number of halogens is 3. The van der Waals surface area contributed by atoms with Gasteiger partial charge in [0.25, 0.3) is 0 Å². The van der Waals surface area contributed by atoms with Crippen molar-refractivity contribution < 1.29 is 18.1 Å². The summed E-state index contributed by atoms with van der Waals surface area (Å²) in [6, 6.07) is 2.19. The molecule has 0 aliphatic carbocycles. The number of rotatable bonds is 1. The molecule has 0 aliphatic rings. The second kappa shape index (κ2) is 3.15. The van der Waals surface area contributed by atoms with Crippen LogP contribution >= 0.6 is 0 Å². The van der Waals surface area contributed by atoms with Crippen molar-refractivity contribution in [1.82, 2.24) is 14.6 Å². The molecule has 0 aliphatic heterocycles. The van der Waals surface area contributed by atoms with E-state index in [1.807, 2.05) is 0 Å². The third-order valence-electron chi connectivity index (χ3n) is 1.86. The minimum absolute atomic E-state index is 0.431. The fourth-order valence-corrected chi connectivity index (χ4v) is 1.24. The molecule has 0 aromatic carbocycles. The average molecular weight is 232 g/mol. The third kappa shape index (κ3) is 1.45. The van der Waals surface area contributed by atoms with Gasteiger partial charge in [0.15, 0.2) is 0 Å². The van der Waals surface area contributed by atoms with Crippen molar-refractivity contribution in [3.63, 3.8) is 0 Å². The Hall–Kier alpha value is -2.19. The number of fused-ring (bicyclic) bond motifs is 1. The average Bonchev–Trinajstić information content (AvgIpc) is 2.59. The number of alkyl halides is 3. The van der Waals surface area contributed by atoms with Gasteiger partial charge in [0, 0.05) is 12.3 Å². The van der Waals surface area contributed by atoms with E-state index in [1.54, 1.807) is 0 Å². The highest BCUT2D eigenvalue weighted by molar-refractivity contribution is 5.58. The molecule has 0 N–H and O–H groups in total. The molecule has 0 spiro atoms. The molecule has 2 heterocycles. The maximum Gasteiger partial charge on any atom is 0.452 e. The zero-order valence-corrected chi connectivity index (χ0v) is 7.47. The summed E-state index contributed by atoms with van der Waals surface area (Å²) in [5.74, 6) is -1.29. The van der Waals surface area contributed by atoms with Crippen molar-refractivity contribution in [3.05, 3.63) is 34.3 Å². The summed E-state index contributed by atoms with van der Waals surface area (Å²) in [6.07, 6.45) is -3.68. The topological polar surface area (TPSA) is 73.3 Å². The molecule has 9 heteroatoms. The Balaban J connectivity index is 2.76. The Morgan fingerprint density at radius 3 is 2.62 bits per heavy atom. The Kier molecular flexibility index (Phi) is 2.04. The minimum atomic E-state index is -4.70. The SMILES string of the molecule is O=[N+]([O-])c1cccn2c(C(F)(F)F)nnc12. The van der Waals surface area contributed by atoms with Crippen molar-refractivity contribution in [2.75, 3.05) is 0 Å². The lowest BCUT2D eigenvalue weighted by Gasteiger charge is -2.02. The molecule has 2 aromatic rings. The Morgan fingerprint density at radius 2 is 2.06 bits per heavy atom. The van der Waals surface area contributed by atoms with Crippen LogP contribution in [0.1, 0.15) is 5.82 Å². The van der Waals surface area contributed by atoms with Gasteiger partial charge in [-0.2, -0.15) is 13.2 Å². The summed E-state index contributed by atoms with van der Waals surface area (Å²) in [6.45, 7) is 0. The highest BCUT2D eigenvalue weighted by Gasteiger charge is 2.37. The highest BCUT2D eigenvalue weighted by Crippen LogP contribution is 2.29. The Labute approximate surface area is 85.5 Å². The summed E-state index contributed by atoms with van der Waals surface area (Å²) in [4.78, 5) is 9.70. The second-order valence-corrected chi connectivity index (χ2v) is 2.87. The van der Waals surface area contributed by atoms with E-state index in [4.69, 9.17) is 0 Å². The van der Waals surface area contributed by atoms with Gasteiger partial charge >= 0.3 is 11.9 Å². The van der Waals surface area contributed by atoms with Crippen LogP contribution in [0.3, 0.4) is 0 Å². The van der Waals surface area contributed by atoms with Gasteiger partial charge in [-0.3, -0.25) is 14.5 Å². The molecule has 16 heavy (non-hydrogen) atoms. The number of nitrogens with zero attached hydrogens (tertiary/aromatic N) is 4. The first-order valence-electron chi connectivity index (χ1n) is 3.96. The van der Waals surface area contributed by atoms with E-state index < -0.39 is 28.3 Å². The molecule has 2 rings (SSSR count). The van der Waals surface area contributed by atoms with E-state index in [9.17, 15) is 23.3 Å². The predicted octanol–water partition coefficient (Wildman–Crippen LogP) is 1.66. The van der Waals surface area contributed by atoms with Crippen LogP contribution in [0.15, 0.2) is 18.3 Å². The van der Waals surface area contributed by atoms with E-state index in [0.717, 1.165) is 18.3 Å². The molecule has 84 valence electrons. The van der Waals surface area contributed by atoms with Crippen LogP contribution in [0, 0.1) is 10.1 Å². The largest absolute Gasteiger partial charge is 0.452 e. The van der Waals surface area contributed by atoms with Crippen molar-refractivity contribution in [3.8, 4) is 0 Å². The van der Waals surface area contributed by atoms with Crippen LogP contribution in [0.25, 0.3) is 5.65 Å². The molecule has 0 atom stereocenters. The van der Waals surface area contributed by atoms with Crippen molar-refractivity contribution >= 4 is 11.3 Å². The highest BCUT2D eigenvalue weighted by atomic mass is 19.4. The summed E-state index contributed by atoms with van der Waals surface area (Å²) in [5.41, 5.74) is -0.953. The fraction of sp³-hybridized carbons (Fsp3) is 0.143. The van der Waals surface area contributed by atoms with E-state index in [1.165, 1.54) is 0 Å². The number of pyridine rings is 1. The number of aromatic nitrogens is 3. The van der Waals surface area contributed by atoms with Crippen molar-refractivity contribution in [2.24, 2.45) is 0 Å². The molecule has 0 bridgehead atoms. The Bertz CT molecular complexity index is 562. The van der Waals surface area contributed by atoms with Gasteiger partial charge in [0.2, 0.25) is 11.5 Å². The van der Waals surface area contributed by atoms with Crippen LogP contribution in [0.4, 0.5) is 18.9 Å². The van der Waals surface area contributed by atoms with Crippen LogP contribution in [0.2, 0.25) is 0 Å². The zero-order valence-electron chi connectivity index (χ0n) is 7.47.